The smallest absolute Gasteiger partial charge is 0.249 e. The lowest BCUT2D eigenvalue weighted by atomic mass is 9.73. The van der Waals surface area contributed by atoms with Gasteiger partial charge in [0.1, 0.15) is 11.6 Å². The molecule has 0 aromatic carbocycles. The third-order valence-electron chi connectivity index (χ3n) is 7.88. The van der Waals surface area contributed by atoms with Crippen LogP contribution in [0.15, 0.2) is 24.3 Å². The molecule has 0 aromatic heterocycles. The van der Waals surface area contributed by atoms with Crippen molar-refractivity contribution in [3.05, 3.63) is 24.3 Å². The summed E-state index contributed by atoms with van der Waals surface area (Å²) in [5, 5.41) is 9.50. The second-order valence-electron chi connectivity index (χ2n) is 10.9. The maximum Gasteiger partial charge on any atom is 0.249 e. The summed E-state index contributed by atoms with van der Waals surface area (Å²) in [4.78, 5) is 47.2. The highest BCUT2D eigenvalue weighted by atomic mass is 16.5. The van der Waals surface area contributed by atoms with E-state index < -0.39 is 34.6 Å². The Morgan fingerprint density at radius 2 is 1.71 bits per heavy atom. The first-order valence-corrected chi connectivity index (χ1v) is 12.6. The van der Waals surface area contributed by atoms with Crippen molar-refractivity contribution in [2.24, 2.45) is 11.8 Å². The summed E-state index contributed by atoms with van der Waals surface area (Å²) in [6.07, 6.45) is 9.45. The number of rotatable bonds is 6. The van der Waals surface area contributed by atoms with E-state index in [2.05, 4.69) is 0 Å². The molecule has 34 heavy (non-hydrogen) atoms. The normalized spacial score (nSPS) is 35.4. The number of amides is 3. The van der Waals surface area contributed by atoms with Crippen LogP contribution in [0.3, 0.4) is 0 Å². The van der Waals surface area contributed by atoms with Gasteiger partial charge in [-0.3, -0.25) is 14.4 Å². The van der Waals surface area contributed by atoms with Crippen LogP contribution in [0.25, 0.3) is 0 Å². The predicted octanol–water partition coefficient (Wildman–Crippen LogP) is 1.74. The maximum absolute atomic E-state index is 14.1. The molecule has 1 spiro atoms. The molecular formula is C26H39N3O5. The summed E-state index contributed by atoms with van der Waals surface area (Å²) < 4.78 is 6.89. The second-order valence-corrected chi connectivity index (χ2v) is 10.9. The van der Waals surface area contributed by atoms with Crippen molar-refractivity contribution in [3.8, 4) is 0 Å². The summed E-state index contributed by atoms with van der Waals surface area (Å²) in [7, 11) is 0. The highest BCUT2D eigenvalue weighted by molar-refractivity contribution is 6.00. The zero-order valence-electron chi connectivity index (χ0n) is 21.1. The first kappa shape index (κ1) is 24.9. The quantitative estimate of drug-likeness (QED) is 0.594. The number of likely N-dealkylation sites (tertiary alicyclic amines) is 1. The molecule has 4 aliphatic rings. The Morgan fingerprint density at radius 3 is 2.32 bits per heavy atom. The molecule has 2 fully saturated rings. The molecule has 2 saturated heterocycles. The average Bonchev–Trinajstić information content (AvgIpc) is 3.06. The van der Waals surface area contributed by atoms with Gasteiger partial charge in [-0.2, -0.15) is 0 Å². The van der Waals surface area contributed by atoms with Crippen molar-refractivity contribution in [2.75, 3.05) is 32.8 Å². The molecule has 4 rings (SSSR count). The minimum absolute atomic E-state index is 0.0792. The van der Waals surface area contributed by atoms with Crippen molar-refractivity contribution in [3.63, 3.8) is 0 Å². The van der Waals surface area contributed by atoms with Gasteiger partial charge in [0, 0.05) is 38.3 Å². The molecule has 1 unspecified atom stereocenters. The van der Waals surface area contributed by atoms with E-state index >= 15 is 0 Å². The number of carbonyl (C=O) groups is 3. The molecular weight excluding hydrogens is 434 g/mol. The van der Waals surface area contributed by atoms with E-state index in [1.807, 2.05) is 63.8 Å². The molecule has 0 aliphatic carbocycles. The van der Waals surface area contributed by atoms with Crippen molar-refractivity contribution in [1.82, 2.24) is 14.7 Å². The molecule has 1 N–H and O–H groups in total. The number of aliphatic hydroxyl groups is 1. The highest BCUT2D eigenvalue weighted by Crippen LogP contribution is 2.58. The summed E-state index contributed by atoms with van der Waals surface area (Å²) in [5.74, 6) is -1.96. The van der Waals surface area contributed by atoms with Crippen LogP contribution in [0.4, 0.5) is 0 Å². The minimum atomic E-state index is -1.22. The third kappa shape index (κ3) is 3.52. The van der Waals surface area contributed by atoms with Gasteiger partial charge in [-0.25, -0.2) is 0 Å². The van der Waals surface area contributed by atoms with Gasteiger partial charge in [0.2, 0.25) is 17.7 Å². The Hall–Kier alpha value is -2.19. The number of nitrogens with zero attached hydrogens (tertiary/aromatic N) is 3. The van der Waals surface area contributed by atoms with Crippen LogP contribution >= 0.6 is 0 Å². The summed E-state index contributed by atoms with van der Waals surface area (Å²) in [6.45, 7) is 11.6. The van der Waals surface area contributed by atoms with Crippen LogP contribution in [0, 0.1) is 11.8 Å². The predicted molar refractivity (Wildman–Crippen MR) is 128 cm³/mol. The van der Waals surface area contributed by atoms with Crippen LogP contribution < -0.4 is 0 Å². The van der Waals surface area contributed by atoms with Crippen molar-refractivity contribution in [1.29, 1.82) is 0 Å². The molecule has 8 heteroatoms. The third-order valence-corrected chi connectivity index (χ3v) is 7.88. The zero-order chi connectivity index (χ0) is 24.9. The molecule has 0 aromatic rings. The van der Waals surface area contributed by atoms with Crippen molar-refractivity contribution >= 4 is 17.7 Å². The van der Waals surface area contributed by atoms with Gasteiger partial charge < -0.3 is 24.5 Å². The Bertz CT molecular complexity index is 909. The van der Waals surface area contributed by atoms with Crippen LogP contribution in [-0.4, -0.2) is 93.1 Å². The molecule has 5 atom stereocenters. The minimum Gasteiger partial charge on any atom is -0.396 e. The maximum atomic E-state index is 14.1. The first-order chi connectivity index (χ1) is 16.1. The molecule has 188 valence electrons. The Morgan fingerprint density at radius 1 is 1.00 bits per heavy atom. The van der Waals surface area contributed by atoms with E-state index in [-0.39, 0.29) is 30.9 Å². The number of hydrogen-bond acceptors (Lipinski definition) is 5. The van der Waals surface area contributed by atoms with Gasteiger partial charge in [0.15, 0.2) is 0 Å². The number of carbonyl (C=O) groups excluding carboxylic acids is 3. The van der Waals surface area contributed by atoms with Gasteiger partial charge in [0.05, 0.1) is 17.4 Å². The van der Waals surface area contributed by atoms with E-state index in [1.165, 1.54) is 0 Å². The molecule has 0 bridgehead atoms. The van der Waals surface area contributed by atoms with E-state index in [0.29, 0.717) is 32.5 Å². The SMILES string of the molecule is CCCN1CC=C[C@]2(CC)O[C@]34C=CCN(C(C)(C)C)C(=O)C3N(CCCO)C(=O)[C@@H]4[C@@H]2C1=O. The fourth-order valence-electron chi connectivity index (χ4n) is 6.37. The second kappa shape index (κ2) is 8.79. The average molecular weight is 474 g/mol. The topological polar surface area (TPSA) is 90.4 Å². The number of aliphatic hydroxyl groups excluding tert-OH is 1. The summed E-state index contributed by atoms with van der Waals surface area (Å²) >= 11 is 0. The van der Waals surface area contributed by atoms with Gasteiger partial charge in [-0.15, -0.1) is 0 Å². The monoisotopic (exact) mass is 473 g/mol. The van der Waals surface area contributed by atoms with E-state index in [0.717, 1.165) is 6.42 Å². The molecule has 0 radical (unpaired) electrons. The first-order valence-electron chi connectivity index (χ1n) is 12.6. The van der Waals surface area contributed by atoms with Crippen LogP contribution in [0.5, 0.6) is 0 Å². The summed E-state index contributed by atoms with van der Waals surface area (Å²) in [6, 6.07) is -0.870. The van der Waals surface area contributed by atoms with Crippen LogP contribution in [0.2, 0.25) is 0 Å². The fraction of sp³-hybridized carbons (Fsp3) is 0.731. The van der Waals surface area contributed by atoms with E-state index in [9.17, 15) is 19.5 Å². The van der Waals surface area contributed by atoms with Gasteiger partial charge in [-0.05, 0) is 40.0 Å². The molecule has 3 amide bonds. The molecule has 0 saturated carbocycles. The largest absolute Gasteiger partial charge is 0.396 e. The zero-order valence-corrected chi connectivity index (χ0v) is 21.1. The standard InChI is InChI=1S/C26H39N3O5/c1-6-13-27-14-8-11-25(7-2)18(21(27)31)19-22(32)28(15-10-17-30)20-23(33)29(24(3,4)5)16-9-12-26(19,20)34-25/h8-9,11-12,18-20,30H,6-7,10,13-17H2,1-5H3/t18-,19+,20?,25+,26+/m1/s1. The Labute approximate surface area is 202 Å². The molecule has 8 nitrogen and oxygen atoms in total. The number of fused-ring (bicyclic) bond motifs is 2. The van der Waals surface area contributed by atoms with Crippen molar-refractivity contribution in [2.45, 2.75) is 76.7 Å². The van der Waals surface area contributed by atoms with Crippen LogP contribution in [-0.2, 0) is 19.1 Å². The van der Waals surface area contributed by atoms with Gasteiger partial charge in [0.25, 0.3) is 0 Å². The lowest BCUT2D eigenvalue weighted by Gasteiger charge is -2.41. The summed E-state index contributed by atoms with van der Waals surface area (Å²) in [5.41, 5.74) is -2.61. The molecule has 4 aliphatic heterocycles. The van der Waals surface area contributed by atoms with Gasteiger partial charge >= 0.3 is 0 Å². The number of hydrogen-bond donors (Lipinski definition) is 1. The van der Waals surface area contributed by atoms with E-state index in [1.54, 1.807) is 9.80 Å². The highest BCUT2D eigenvalue weighted by Gasteiger charge is 2.75. The lowest BCUT2D eigenvalue weighted by molar-refractivity contribution is -0.156. The number of ether oxygens (including phenoxy) is 1. The van der Waals surface area contributed by atoms with Crippen LogP contribution in [0.1, 0.15) is 53.9 Å². The van der Waals surface area contributed by atoms with E-state index in [4.69, 9.17) is 4.74 Å². The van der Waals surface area contributed by atoms with Crippen molar-refractivity contribution < 1.29 is 24.2 Å². The fourth-order valence-corrected chi connectivity index (χ4v) is 6.37. The lowest BCUT2D eigenvalue weighted by Crippen LogP contribution is -2.59. The Balaban J connectivity index is 1.88. The molecule has 4 heterocycles. The Kier molecular flexibility index (Phi) is 6.44. The van der Waals surface area contributed by atoms with Gasteiger partial charge in [-0.1, -0.05) is 38.2 Å².